The maximum atomic E-state index is 12.9. The molecule has 0 aliphatic rings. The molecule has 0 amide bonds. The molecule has 0 saturated carbocycles. The Hall–Kier alpha value is -3.08. The van der Waals surface area contributed by atoms with Crippen LogP contribution < -0.4 is 9.03 Å². The predicted molar refractivity (Wildman–Crippen MR) is 118 cm³/mol. The van der Waals surface area contributed by atoms with E-state index in [1.807, 2.05) is 0 Å². The molecule has 31 heavy (non-hydrogen) atoms. The van der Waals surface area contributed by atoms with Gasteiger partial charge in [0.15, 0.2) is 0 Å². The number of hydrogen-bond donors (Lipinski definition) is 2. The third kappa shape index (κ3) is 4.82. The Balaban J connectivity index is 1.93. The van der Waals surface area contributed by atoms with Crippen molar-refractivity contribution in [3.05, 3.63) is 83.4 Å². The molecule has 0 bridgehead atoms. The lowest BCUT2D eigenvalue weighted by Crippen LogP contribution is -2.26. The molecule has 3 aromatic carbocycles. The quantitative estimate of drug-likeness (QED) is 0.532. The molecule has 0 unspecified atom stereocenters. The number of carboxylic acid groups (broad SMARTS) is 1. The predicted octanol–water partition coefficient (Wildman–Crippen LogP) is 3.66. The van der Waals surface area contributed by atoms with Crippen LogP contribution in [0.1, 0.15) is 10.4 Å². The van der Waals surface area contributed by atoms with Crippen molar-refractivity contribution in [2.75, 3.05) is 16.1 Å². The summed E-state index contributed by atoms with van der Waals surface area (Å²) in [5.74, 6) is -1.38. The second kappa shape index (κ2) is 8.58. The Labute approximate surface area is 184 Å². The van der Waals surface area contributed by atoms with Gasteiger partial charge >= 0.3 is 5.97 Å². The third-order valence-corrected chi connectivity index (χ3v) is 7.83. The van der Waals surface area contributed by atoms with Crippen LogP contribution >= 0.6 is 11.6 Å². The first-order valence-electron chi connectivity index (χ1n) is 8.72. The van der Waals surface area contributed by atoms with Gasteiger partial charge in [-0.15, -0.1) is 0 Å². The smallest absolute Gasteiger partial charge is 0.337 e. The lowest BCUT2D eigenvalue weighted by Gasteiger charge is -2.20. The second-order valence-corrected chi connectivity index (χ2v) is 10.4. The van der Waals surface area contributed by atoms with Crippen LogP contribution in [0.2, 0.25) is 5.02 Å². The molecule has 0 saturated heterocycles. The van der Waals surface area contributed by atoms with Gasteiger partial charge in [0, 0.05) is 7.05 Å². The number of rotatable bonds is 7. The summed E-state index contributed by atoms with van der Waals surface area (Å²) < 4.78 is 54.6. The van der Waals surface area contributed by atoms with Gasteiger partial charge in [0.1, 0.15) is 0 Å². The highest BCUT2D eigenvalue weighted by molar-refractivity contribution is 7.93. The van der Waals surface area contributed by atoms with E-state index in [2.05, 4.69) is 4.72 Å². The first-order valence-corrected chi connectivity index (χ1v) is 12.0. The highest BCUT2D eigenvalue weighted by Gasteiger charge is 2.23. The maximum absolute atomic E-state index is 12.9. The Morgan fingerprint density at radius 3 is 2.23 bits per heavy atom. The topological polar surface area (TPSA) is 121 Å². The summed E-state index contributed by atoms with van der Waals surface area (Å²) in [7, 11) is -6.76. The van der Waals surface area contributed by atoms with Gasteiger partial charge in [0.25, 0.3) is 20.0 Å². The number of carbonyl (C=O) groups is 1. The van der Waals surface area contributed by atoms with Gasteiger partial charge < -0.3 is 5.11 Å². The van der Waals surface area contributed by atoms with Crippen molar-refractivity contribution < 1.29 is 26.7 Å². The van der Waals surface area contributed by atoms with E-state index in [0.29, 0.717) is 5.69 Å². The molecule has 11 heteroatoms. The summed E-state index contributed by atoms with van der Waals surface area (Å²) >= 11 is 5.79. The highest BCUT2D eigenvalue weighted by atomic mass is 35.5. The normalized spacial score (nSPS) is 11.7. The van der Waals surface area contributed by atoms with Crippen LogP contribution in [0.25, 0.3) is 0 Å². The number of benzene rings is 3. The average molecular weight is 481 g/mol. The summed E-state index contributed by atoms with van der Waals surface area (Å²) in [5, 5.41) is 9.04. The van der Waals surface area contributed by atoms with Crippen molar-refractivity contribution >= 4 is 49.0 Å². The molecule has 0 radical (unpaired) electrons. The summed E-state index contributed by atoms with van der Waals surface area (Å²) in [6.45, 7) is 0. The van der Waals surface area contributed by atoms with E-state index in [-0.39, 0.29) is 26.1 Å². The van der Waals surface area contributed by atoms with Gasteiger partial charge in [-0.25, -0.2) is 21.6 Å². The number of carboxylic acids is 1. The number of nitrogens with one attached hydrogen (secondary N) is 1. The molecular formula is C20H17ClN2O6S2. The molecule has 8 nitrogen and oxygen atoms in total. The molecular weight excluding hydrogens is 464 g/mol. The van der Waals surface area contributed by atoms with Gasteiger partial charge in [-0.1, -0.05) is 35.9 Å². The summed E-state index contributed by atoms with van der Waals surface area (Å²) in [5.41, 5.74) is 0.0653. The Morgan fingerprint density at radius 2 is 1.58 bits per heavy atom. The zero-order valence-corrected chi connectivity index (χ0v) is 18.4. The van der Waals surface area contributed by atoms with Gasteiger partial charge in [0.2, 0.25) is 0 Å². The number of hydrogen-bond acceptors (Lipinski definition) is 5. The first-order chi connectivity index (χ1) is 14.5. The first kappa shape index (κ1) is 22.6. The second-order valence-electron chi connectivity index (χ2n) is 6.39. The summed E-state index contributed by atoms with van der Waals surface area (Å²) in [4.78, 5) is 10.8. The van der Waals surface area contributed by atoms with Gasteiger partial charge in [0.05, 0.1) is 31.8 Å². The molecule has 3 rings (SSSR count). The van der Waals surface area contributed by atoms with E-state index in [9.17, 15) is 21.6 Å². The van der Waals surface area contributed by atoms with Crippen LogP contribution in [0.4, 0.5) is 11.4 Å². The van der Waals surface area contributed by atoms with Crippen molar-refractivity contribution in [2.45, 2.75) is 9.79 Å². The molecule has 2 N–H and O–H groups in total. The van der Waals surface area contributed by atoms with Gasteiger partial charge in [-0.3, -0.25) is 9.03 Å². The minimum Gasteiger partial charge on any atom is -0.478 e. The lowest BCUT2D eigenvalue weighted by atomic mass is 10.2. The number of para-hydroxylation sites is 1. The third-order valence-electron chi connectivity index (χ3n) is 4.34. The van der Waals surface area contributed by atoms with E-state index in [1.54, 1.807) is 30.3 Å². The Bertz CT molecular complexity index is 1340. The number of anilines is 2. The van der Waals surface area contributed by atoms with Crippen LogP contribution in [-0.2, 0) is 20.0 Å². The zero-order valence-electron chi connectivity index (χ0n) is 16.1. The zero-order chi connectivity index (χ0) is 22.8. The van der Waals surface area contributed by atoms with Crippen LogP contribution in [0.3, 0.4) is 0 Å². The van der Waals surface area contributed by atoms with E-state index >= 15 is 0 Å². The molecule has 0 spiro atoms. The van der Waals surface area contributed by atoms with Crippen LogP contribution in [0, 0.1) is 0 Å². The summed E-state index contributed by atoms with van der Waals surface area (Å²) in [6.07, 6.45) is 0. The SMILES string of the molecule is CN(c1ccccc1)S(=O)(=O)c1cccc(NS(=O)(=O)c2ccc(Cl)c(C(=O)O)c2)c1. The number of aromatic carboxylic acids is 1. The monoisotopic (exact) mass is 480 g/mol. The molecule has 3 aromatic rings. The highest BCUT2D eigenvalue weighted by Crippen LogP contribution is 2.26. The van der Waals surface area contributed by atoms with Crippen molar-refractivity contribution in [1.29, 1.82) is 0 Å². The fourth-order valence-corrected chi connectivity index (χ4v) is 5.22. The number of nitrogens with zero attached hydrogens (tertiary/aromatic N) is 1. The molecule has 0 aliphatic heterocycles. The van der Waals surface area contributed by atoms with E-state index in [1.165, 1.54) is 31.3 Å². The minimum absolute atomic E-state index is 0.00522. The molecule has 0 fully saturated rings. The lowest BCUT2D eigenvalue weighted by molar-refractivity contribution is 0.0697. The van der Waals surface area contributed by atoms with Crippen LogP contribution in [0.5, 0.6) is 0 Å². The average Bonchev–Trinajstić information content (AvgIpc) is 2.73. The largest absolute Gasteiger partial charge is 0.478 e. The van der Waals surface area contributed by atoms with Crippen molar-refractivity contribution in [3.63, 3.8) is 0 Å². The maximum Gasteiger partial charge on any atom is 0.337 e. The Morgan fingerprint density at radius 1 is 0.903 bits per heavy atom. The van der Waals surface area contributed by atoms with Crippen molar-refractivity contribution in [2.24, 2.45) is 0 Å². The Kier molecular flexibility index (Phi) is 6.25. The fourth-order valence-electron chi connectivity index (χ4n) is 2.70. The molecule has 0 atom stereocenters. The molecule has 0 aliphatic carbocycles. The minimum atomic E-state index is -4.20. The van der Waals surface area contributed by atoms with E-state index in [0.717, 1.165) is 22.5 Å². The fraction of sp³-hybridized carbons (Fsp3) is 0.0500. The molecule has 0 heterocycles. The van der Waals surface area contributed by atoms with Crippen LogP contribution in [-0.4, -0.2) is 35.0 Å². The van der Waals surface area contributed by atoms with Crippen LogP contribution in [0.15, 0.2) is 82.6 Å². The number of sulfonamides is 2. The van der Waals surface area contributed by atoms with E-state index in [4.69, 9.17) is 16.7 Å². The summed E-state index contributed by atoms with van der Waals surface area (Å²) in [6, 6.07) is 17.0. The van der Waals surface area contributed by atoms with Gasteiger partial charge in [-0.2, -0.15) is 0 Å². The molecule has 0 aromatic heterocycles. The van der Waals surface area contributed by atoms with Crippen molar-refractivity contribution in [1.82, 2.24) is 0 Å². The molecule has 162 valence electrons. The van der Waals surface area contributed by atoms with Crippen molar-refractivity contribution in [3.8, 4) is 0 Å². The van der Waals surface area contributed by atoms with Gasteiger partial charge in [-0.05, 0) is 48.5 Å². The number of halogens is 1. The van der Waals surface area contributed by atoms with E-state index < -0.39 is 26.0 Å². The standard InChI is InChI=1S/C20H17ClN2O6S2/c1-23(15-7-3-2-4-8-15)31(28,29)17-9-5-6-14(12-17)22-30(26,27)16-10-11-19(21)18(13-16)20(24)25/h2-13,22H,1H3,(H,24,25).